The molecule has 0 spiro atoms. The Labute approximate surface area is 98.4 Å². The quantitative estimate of drug-likeness (QED) is 0.802. The summed E-state index contributed by atoms with van der Waals surface area (Å²) in [5, 5.41) is 4.17. The third-order valence-corrected chi connectivity index (χ3v) is 2.91. The van der Waals surface area contributed by atoms with E-state index in [1.807, 2.05) is 16.9 Å². The molecule has 0 amide bonds. The molecule has 1 aromatic heterocycles. The second-order valence-corrected chi connectivity index (χ2v) is 4.96. The number of hydrogen-bond acceptors (Lipinski definition) is 3. The van der Waals surface area contributed by atoms with Crippen molar-refractivity contribution < 1.29 is 0 Å². The van der Waals surface area contributed by atoms with Gasteiger partial charge in [-0.1, -0.05) is 13.8 Å². The van der Waals surface area contributed by atoms with Gasteiger partial charge in [0.2, 0.25) is 0 Å². The molecule has 1 rings (SSSR count). The summed E-state index contributed by atoms with van der Waals surface area (Å²) in [4.78, 5) is 2.37. The first kappa shape index (κ1) is 13.0. The molecule has 0 aliphatic rings. The van der Waals surface area contributed by atoms with E-state index < -0.39 is 0 Å². The van der Waals surface area contributed by atoms with Gasteiger partial charge >= 0.3 is 0 Å². The zero-order valence-electron chi connectivity index (χ0n) is 10.8. The number of nitrogen functional groups attached to an aromatic ring is 1. The van der Waals surface area contributed by atoms with Crippen LogP contribution in [0.3, 0.4) is 0 Å². The molecule has 0 aromatic carbocycles. The van der Waals surface area contributed by atoms with Gasteiger partial charge < -0.3 is 10.6 Å². The first-order chi connectivity index (χ1) is 7.49. The van der Waals surface area contributed by atoms with E-state index in [1.165, 1.54) is 6.42 Å². The molecular weight excluding hydrogens is 200 g/mol. The Morgan fingerprint density at radius 3 is 2.62 bits per heavy atom. The van der Waals surface area contributed by atoms with Crippen molar-refractivity contribution in [3.8, 4) is 0 Å². The summed E-state index contributed by atoms with van der Waals surface area (Å²) >= 11 is 0. The summed E-state index contributed by atoms with van der Waals surface area (Å²) in [5.41, 5.74) is 5.57. The summed E-state index contributed by atoms with van der Waals surface area (Å²) in [6, 6.07) is 2.45. The summed E-state index contributed by atoms with van der Waals surface area (Å²) in [6.45, 7) is 8.71. The van der Waals surface area contributed by atoms with Crippen LogP contribution in [0.15, 0.2) is 12.3 Å². The largest absolute Gasteiger partial charge is 0.382 e. The molecule has 92 valence electrons. The molecule has 0 bridgehead atoms. The Kier molecular flexibility index (Phi) is 4.80. The van der Waals surface area contributed by atoms with Crippen LogP contribution in [0.2, 0.25) is 0 Å². The van der Waals surface area contributed by atoms with Gasteiger partial charge in [-0.25, -0.2) is 0 Å². The third-order valence-electron chi connectivity index (χ3n) is 2.91. The van der Waals surface area contributed by atoms with Gasteiger partial charge in [0.05, 0.1) is 6.54 Å². The number of aromatic nitrogens is 2. The van der Waals surface area contributed by atoms with Crippen molar-refractivity contribution in [2.45, 2.75) is 39.8 Å². The summed E-state index contributed by atoms with van der Waals surface area (Å²) in [6.07, 6.45) is 3.16. The minimum Gasteiger partial charge on any atom is -0.382 e. The SMILES string of the molecule is CC(C)CC(C)N(C)CCn1ccc(N)n1. The van der Waals surface area contributed by atoms with E-state index in [-0.39, 0.29) is 0 Å². The van der Waals surface area contributed by atoms with Crippen molar-refractivity contribution in [3.05, 3.63) is 12.3 Å². The Hall–Kier alpha value is -1.03. The molecule has 2 N–H and O–H groups in total. The predicted octanol–water partition coefficient (Wildman–Crippen LogP) is 1.83. The first-order valence-electron chi connectivity index (χ1n) is 5.98. The molecule has 0 aliphatic carbocycles. The Morgan fingerprint density at radius 1 is 1.44 bits per heavy atom. The van der Waals surface area contributed by atoms with Crippen LogP contribution in [-0.4, -0.2) is 34.3 Å². The van der Waals surface area contributed by atoms with Gasteiger partial charge in [0, 0.05) is 18.8 Å². The fourth-order valence-corrected chi connectivity index (χ4v) is 1.84. The average Bonchev–Trinajstić information content (AvgIpc) is 2.59. The maximum Gasteiger partial charge on any atom is 0.145 e. The second-order valence-electron chi connectivity index (χ2n) is 4.96. The highest BCUT2D eigenvalue weighted by Gasteiger charge is 2.10. The fraction of sp³-hybridized carbons (Fsp3) is 0.750. The lowest BCUT2D eigenvalue weighted by Gasteiger charge is -2.25. The van der Waals surface area contributed by atoms with Gasteiger partial charge in [-0.3, -0.25) is 4.68 Å². The fourth-order valence-electron chi connectivity index (χ4n) is 1.84. The van der Waals surface area contributed by atoms with Crippen LogP contribution in [0.4, 0.5) is 5.82 Å². The number of anilines is 1. The van der Waals surface area contributed by atoms with Gasteiger partial charge in [0.1, 0.15) is 5.82 Å². The molecule has 1 atom stereocenters. The van der Waals surface area contributed by atoms with Crippen molar-refractivity contribution >= 4 is 5.82 Å². The van der Waals surface area contributed by atoms with E-state index >= 15 is 0 Å². The number of rotatable bonds is 6. The highest BCUT2D eigenvalue weighted by Crippen LogP contribution is 2.09. The number of nitrogens with zero attached hydrogens (tertiary/aromatic N) is 3. The van der Waals surface area contributed by atoms with Crippen LogP contribution in [0.1, 0.15) is 27.2 Å². The molecule has 1 aromatic rings. The smallest absolute Gasteiger partial charge is 0.145 e. The average molecular weight is 224 g/mol. The van der Waals surface area contributed by atoms with Crippen molar-refractivity contribution in [2.24, 2.45) is 5.92 Å². The van der Waals surface area contributed by atoms with Gasteiger partial charge in [0.15, 0.2) is 0 Å². The van der Waals surface area contributed by atoms with E-state index in [9.17, 15) is 0 Å². The number of likely N-dealkylation sites (N-methyl/N-ethyl adjacent to an activating group) is 1. The molecule has 1 unspecified atom stereocenters. The van der Waals surface area contributed by atoms with Crippen LogP contribution >= 0.6 is 0 Å². The lowest BCUT2D eigenvalue weighted by molar-refractivity contribution is 0.218. The van der Waals surface area contributed by atoms with Crippen molar-refractivity contribution in [1.29, 1.82) is 0 Å². The van der Waals surface area contributed by atoms with Crippen LogP contribution in [0, 0.1) is 5.92 Å². The minimum absolute atomic E-state index is 0.595. The van der Waals surface area contributed by atoms with Crippen LogP contribution in [0.25, 0.3) is 0 Å². The monoisotopic (exact) mass is 224 g/mol. The summed E-state index contributed by atoms with van der Waals surface area (Å²) in [5.74, 6) is 1.34. The molecule has 0 radical (unpaired) electrons. The number of hydrogen-bond donors (Lipinski definition) is 1. The van der Waals surface area contributed by atoms with Crippen LogP contribution in [0.5, 0.6) is 0 Å². The van der Waals surface area contributed by atoms with E-state index in [1.54, 1.807) is 0 Å². The molecule has 4 heteroatoms. The molecule has 0 saturated carbocycles. The van der Waals surface area contributed by atoms with Gasteiger partial charge in [-0.2, -0.15) is 5.10 Å². The van der Waals surface area contributed by atoms with Crippen LogP contribution < -0.4 is 5.73 Å². The second kappa shape index (κ2) is 5.89. The maximum absolute atomic E-state index is 5.57. The van der Waals surface area contributed by atoms with Crippen LogP contribution in [-0.2, 0) is 6.54 Å². The van der Waals surface area contributed by atoms with Gasteiger partial charge in [-0.05, 0) is 32.4 Å². The normalized spacial score (nSPS) is 13.6. The Morgan fingerprint density at radius 2 is 2.12 bits per heavy atom. The zero-order valence-corrected chi connectivity index (χ0v) is 10.8. The predicted molar refractivity (Wildman–Crippen MR) is 68.2 cm³/mol. The lowest BCUT2D eigenvalue weighted by Crippen LogP contribution is -2.33. The molecule has 1 heterocycles. The Bertz CT molecular complexity index is 306. The minimum atomic E-state index is 0.595. The van der Waals surface area contributed by atoms with Crippen molar-refractivity contribution in [3.63, 3.8) is 0 Å². The van der Waals surface area contributed by atoms with E-state index in [0.717, 1.165) is 19.0 Å². The van der Waals surface area contributed by atoms with Gasteiger partial charge in [-0.15, -0.1) is 0 Å². The van der Waals surface area contributed by atoms with Crippen molar-refractivity contribution in [2.75, 3.05) is 19.3 Å². The van der Waals surface area contributed by atoms with E-state index in [0.29, 0.717) is 11.9 Å². The molecule has 16 heavy (non-hydrogen) atoms. The number of nitrogens with two attached hydrogens (primary N) is 1. The molecule has 0 saturated heterocycles. The topological polar surface area (TPSA) is 47.1 Å². The zero-order chi connectivity index (χ0) is 12.1. The van der Waals surface area contributed by atoms with E-state index in [4.69, 9.17) is 5.73 Å². The molecule has 4 nitrogen and oxygen atoms in total. The molecule has 0 aliphatic heterocycles. The highest BCUT2D eigenvalue weighted by atomic mass is 15.3. The van der Waals surface area contributed by atoms with Crippen molar-refractivity contribution in [1.82, 2.24) is 14.7 Å². The Balaban J connectivity index is 2.31. The maximum atomic E-state index is 5.57. The standard InChI is InChI=1S/C12H24N4/c1-10(2)9-11(3)15(4)7-8-16-6-5-12(13)14-16/h5-6,10-11H,7-9H2,1-4H3,(H2,13,14). The van der Waals surface area contributed by atoms with Gasteiger partial charge in [0.25, 0.3) is 0 Å². The molecule has 0 fully saturated rings. The van der Waals surface area contributed by atoms with E-state index in [2.05, 4.69) is 37.8 Å². The molecular formula is C12H24N4. The third kappa shape index (κ3) is 4.23. The summed E-state index contributed by atoms with van der Waals surface area (Å²) < 4.78 is 1.90. The summed E-state index contributed by atoms with van der Waals surface area (Å²) in [7, 11) is 2.17. The first-order valence-corrected chi connectivity index (χ1v) is 5.98. The highest BCUT2D eigenvalue weighted by molar-refractivity contribution is 5.23. The lowest BCUT2D eigenvalue weighted by atomic mass is 10.0.